The summed E-state index contributed by atoms with van der Waals surface area (Å²) in [6.45, 7) is 0.621. The number of fused-ring (bicyclic) bond motifs is 1. The average Bonchev–Trinajstić information content (AvgIpc) is 2.59. The Labute approximate surface area is 125 Å². The quantitative estimate of drug-likeness (QED) is 0.882. The minimum absolute atomic E-state index is 0.00394. The van der Waals surface area contributed by atoms with Crippen molar-refractivity contribution in [2.24, 2.45) is 0 Å². The van der Waals surface area contributed by atoms with Gasteiger partial charge in [0.05, 0.1) is 19.1 Å². The molecule has 0 spiro atoms. The van der Waals surface area contributed by atoms with Gasteiger partial charge in [0, 0.05) is 16.5 Å². The predicted octanol–water partition coefficient (Wildman–Crippen LogP) is 2.64. The number of carbonyl (C=O) groups is 2. The highest BCUT2D eigenvalue weighted by Crippen LogP contribution is 2.33. The van der Waals surface area contributed by atoms with Crippen LogP contribution in [0, 0.1) is 0 Å². The Morgan fingerprint density at radius 2 is 2.20 bits per heavy atom. The van der Waals surface area contributed by atoms with Crippen LogP contribution in [0.25, 0.3) is 0 Å². The number of carboxylic acid groups (broad SMARTS) is 1. The molecule has 20 heavy (non-hydrogen) atoms. The Morgan fingerprint density at radius 3 is 2.95 bits per heavy atom. The molecule has 1 atom stereocenters. The number of hydrogen-bond acceptors (Lipinski definition) is 3. The van der Waals surface area contributed by atoms with Crippen molar-refractivity contribution in [3.63, 3.8) is 0 Å². The highest BCUT2D eigenvalue weighted by molar-refractivity contribution is 9.10. The summed E-state index contributed by atoms with van der Waals surface area (Å²) in [5, 5.41) is 11.5. The van der Waals surface area contributed by atoms with E-state index in [1.807, 2.05) is 18.2 Å². The fourth-order valence-electron chi connectivity index (χ4n) is 2.19. The molecule has 1 aromatic carbocycles. The van der Waals surface area contributed by atoms with E-state index >= 15 is 0 Å². The molecule has 1 heterocycles. The van der Waals surface area contributed by atoms with E-state index in [1.165, 1.54) is 0 Å². The molecule has 0 saturated heterocycles. The first-order valence-corrected chi connectivity index (χ1v) is 7.29. The van der Waals surface area contributed by atoms with Gasteiger partial charge in [-0.25, -0.2) is 0 Å². The van der Waals surface area contributed by atoms with Gasteiger partial charge in [-0.15, -0.1) is 0 Å². The maximum absolute atomic E-state index is 11.8. The number of carbonyl (C=O) groups excluding carboxylic acids is 1. The van der Waals surface area contributed by atoms with Gasteiger partial charge in [-0.2, -0.15) is 0 Å². The van der Waals surface area contributed by atoms with E-state index in [2.05, 4.69) is 21.2 Å². The second-order valence-electron chi connectivity index (χ2n) is 4.69. The number of nitrogens with one attached hydrogen (secondary N) is 1. The molecule has 1 aliphatic heterocycles. The predicted molar refractivity (Wildman–Crippen MR) is 76.6 cm³/mol. The molecular weight excluding hydrogens is 326 g/mol. The van der Waals surface area contributed by atoms with Crippen LogP contribution in [0.15, 0.2) is 22.7 Å². The highest BCUT2D eigenvalue weighted by Gasteiger charge is 2.21. The van der Waals surface area contributed by atoms with Gasteiger partial charge in [0.15, 0.2) is 0 Å². The Balaban J connectivity index is 2.10. The van der Waals surface area contributed by atoms with E-state index in [0.717, 1.165) is 28.6 Å². The van der Waals surface area contributed by atoms with Gasteiger partial charge in [0.2, 0.25) is 5.91 Å². The lowest BCUT2D eigenvalue weighted by Gasteiger charge is -2.18. The molecule has 0 fully saturated rings. The monoisotopic (exact) mass is 341 g/mol. The molecule has 108 valence electrons. The van der Waals surface area contributed by atoms with Crippen LogP contribution in [0.1, 0.15) is 37.3 Å². The zero-order valence-electron chi connectivity index (χ0n) is 10.9. The number of halogens is 1. The Morgan fingerprint density at radius 1 is 1.40 bits per heavy atom. The number of aliphatic carboxylic acids is 1. The van der Waals surface area contributed by atoms with Crippen LogP contribution in [0.4, 0.5) is 0 Å². The third-order valence-corrected chi connectivity index (χ3v) is 3.64. The van der Waals surface area contributed by atoms with Crippen molar-refractivity contribution in [2.75, 3.05) is 6.61 Å². The highest BCUT2D eigenvalue weighted by atomic mass is 79.9. The summed E-state index contributed by atoms with van der Waals surface area (Å²) in [5.41, 5.74) is 0.931. The zero-order chi connectivity index (χ0) is 14.5. The van der Waals surface area contributed by atoms with E-state index in [9.17, 15) is 9.59 Å². The lowest BCUT2D eigenvalue weighted by atomic mass is 10.0. The molecule has 2 rings (SSSR count). The average molecular weight is 342 g/mol. The second kappa shape index (κ2) is 6.74. The van der Waals surface area contributed by atoms with E-state index in [1.54, 1.807) is 0 Å². The second-order valence-corrected chi connectivity index (χ2v) is 5.60. The standard InChI is InChI=1S/C14H16BrNO4/c15-9-3-4-12-10(8-9)11(2-1-7-20-12)16-13(17)5-6-14(18)19/h3-4,8,11H,1-2,5-7H2,(H,16,17)(H,18,19). The Hall–Kier alpha value is -1.56. The summed E-state index contributed by atoms with van der Waals surface area (Å²) in [7, 11) is 0. The van der Waals surface area contributed by atoms with Gasteiger partial charge in [-0.3, -0.25) is 9.59 Å². The molecule has 0 saturated carbocycles. The van der Waals surface area contributed by atoms with Gasteiger partial charge < -0.3 is 15.2 Å². The normalized spacial score (nSPS) is 17.6. The summed E-state index contributed by atoms with van der Waals surface area (Å²) in [4.78, 5) is 22.3. The fourth-order valence-corrected chi connectivity index (χ4v) is 2.56. The summed E-state index contributed by atoms with van der Waals surface area (Å²) < 4.78 is 6.57. The van der Waals surface area contributed by atoms with Crippen molar-refractivity contribution in [1.82, 2.24) is 5.32 Å². The molecule has 1 amide bonds. The SMILES string of the molecule is O=C(O)CCC(=O)NC1CCCOc2ccc(Br)cc21. The largest absolute Gasteiger partial charge is 0.493 e. The topological polar surface area (TPSA) is 75.6 Å². The molecular formula is C14H16BrNO4. The molecule has 0 radical (unpaired) electrons. The van der Waals surface area contributed by atoms with Gasteiger partial charge in [0.1, 0.15) is 5.75 Å². The molecule has 2 N–H and O–H groups in total. The molecule has 0 aromatic heterocycles. The van der Waals surface area contributed by atoms with E-state index in [4.69, 9.17) is 9.84 Å². The van der Waals surface area contributed by atoms with Crippen molar-refractivity contribution < 1.29 is 19.4 Å². The molecule has 1 unspecified atom stereocenters. The minimum atomic E-state index is -0.965. The van der Waals surface area contributed by atoms with Crippen LogP contribution in [-0.2, 0) is 9.59 Å². The molecule has 1 aliphatic rings. The van der Waals surface area contributed by atoms with Gasteiger partial charge >= 0.3 is 5.97 Å². The number of carboxylic acids is 1. The van der Waals surface area contributed by atoms with Crippen molar-refractivity contribution >= 4 is 27.8 Å². The molecule has 1 aromatic rings. The molecule has 5 nitrogen and oxygen atoms in total. The number of hydrogen-bond donors (Lipinski definition) is 2. The van der Waals surface area contributed by atoms with Crippen molar-refractivity contribution in [3.8, 4) is 5.75 Å². The summed E-state index contributed by atoms with van der Waals surface area (Å²) in [5.74, 6) is -0.438. The number of ether oxygens (including phenoxy) is 1. The first-order chi connectivity index (χ1) is 9.56. The van der Waals surface area contributed by atoms with Crippen LogP contribution in [0.5, 0.6) is 5.75 Å². The van der Waals surface area contributed by atoms with Gasteiger partial charge in [0.25, 0.3) is 0 Å². The third-order valence-electron chi connectivity index (χ3n) is 3.14. The summed E-state index contributed by atoms with van der Waals surface area (Å²) in [6.07, 6.45) is 1.47. The lowest BCUT2D eigenvalue weighted by Crippen LogP contribution is -2.28. The van der Waals surface area contributed by atoms with Crippen molar-refractivity contribution in [2.45, 2.75) is 31.7 Å². The third kappa shape index (κ3) is 3.96. The fraction of sp³-hybridized carbons (Fsp3) is 0.429. The Bertz CT molecular complexity index is 518. The lowest BCUT2D eigenvalue weighted by molar-refractivity contribution is -0.138. The molecule has 0 bridgehead atoms. The maximum Gasteiger partial charge on any atom is 0.303 e. The zero-order valence-corrected chi connectivity index (χ0v) is 12.5. The number of rotatable bonds is 4. The van der Waals surface area contributed by atoms with Crippen LogP contribution in [-0.4, -0.2) is 23.6 Å². The van der Waals surface area contributed by atoms with Crippen molar-refractivity contribution in [3.05, 3.63) is 28.2 Å². The van der Waals surface area contributed by atoms with Gasteiger partial charge in [-0.1, -0.05) is 15.9 Å². The van der Waals surface area contributed by atoms with Crippen LogP contribution < -0.4 is 10.1 Å². The molecule has 0 aliphatic carbocycles. The first-order valence-electron chi connectivity index (χ1n) is 6.49. The molecule has 6 heteroatoms. The summed E-state index contributed by atoms with van der Waals surface area (Å²) in [6, 6.07) is 5.57. The Kier molecular flexibility index (Phi) is 5.00. The van der Waals surface area contributed by atoms with Crippen LogP contribution >= 0.6 is 15.9 Å². The number of benzene rings is 1. The number of amides is 1. The van der Waals surface area contributed by atoms with E-state index in [0.29, 0.717) is 6.61 Å². The minimum Gasteiger partial charge on any atom is -0.493 e. The van der Waals surface area contributed by atoms with Gasteiger partial charge in [-0.05, 0) is 31.0 Å². The van der Waals surface area contributed by atoms with Crippen LogP contribution in [0.2, 0.25) is 0 Å². The van der Waals surface area contributed by atoms with Crippen LogP contribution in [0.3, 0.4) is 0 Å². The van der Waals surface area contributed by atoms with Crippen molar-refractivity contribution in [1.29, 1.82) is 0 Å². The summed E-state index contributed by atoms with van der Waals surface area (Å²) >= 11 is 3.41. The van der Waals surface area contributed by atoms with E-state index in [-0.39, 0.29) is 24.8 Å². The first kappa shape index (κ1) is 14.8. The van der Waals surface area contributed by atoms with E-state index < -0.39 is 5.97 Å². The maximum atomic E-state index is 11.8. The smallest absolute Gasteiger partial charge is 0.303 e.